The predicted molar refractivity (Wildman–Crippen MR) is 39.9 cm³/mol. The molecule has 0 aromatic rings. The largest absolute Gasteiger partial charge is 0.411 e. The molecule has 0 saturated heterocycles. The minimum Gasteiger partial charge on any atom is -0.411 e. The highest BCUT2D eigenvalue weighted by atomic mass is 19.3. The number of alkyl halides is 4. The highest BCUT2D eigenvalue weighted by molar-refractivity contribution is 5.92. The van der Waals surface area contributed by atoms with Crippen LogP contribution in [0.1, 0.15) is 13.3 Å². The van der Waals surface area contributed by atoms with Crippen molar-refractivity contribution in [2.75, 3.05) is 13.3 Å². The summed E-state index contributed by atoms with van der Waals surface area (Å²) in [5, 5.41) is 10.5. The maximum atomic E-state index is 12.3. The highest BCUT2D eigenvalue weighted by Gasteiger charge is 2.40. The van der Waals surface area contributed by atoms with Crippen molar-refractivity contribution in [2.24, 2.45) is 10.6 Å². The Bertz CT molecular complexity index is 171. The lowest BCUT2D eigenvalue weighted by Crippen LogP contribution is -2.39. The minimum atomic E-state index is -3.14. The molecule has 0 spiro atoms. The van der Waals surface area contributed by atoms with Gasteiger partial charge in [-0.05, 0) is 6.42 Å². The van der Waals surface area contributed by atoms with Crippen molar-refractivity contribution in [3.63, 3.8) is 0 Å². The van der Waals surface area contributed by atoms with E-state index in [2.05, 4.69) is 5.16 Å². The maximum Gasteiger partial charge on any atom is 0.280 e. The van der Waals surface area contributed by atoms with Crippen LogP contribution in [0.15, 0.2) is 5.16 Å². The first kappa shape index (κ1) is 12.2. The van der Waals surface area contributed by atoms with Gasteiger partial charge in [0.15, 0.2) is 0 Å². The van der Waals surface area contributed by atoms with Crippen molar-refractivity contribution in [3.8, 4) is 0 Å². The van der Waals surface area contributed by atoms with Gasteiger partial charge in [-0.1, -0.05) is 12.1 Å². The third kappa shape index (κ3) is 2.32. The highest BCUT2D eigenvalue weighted by Crippen LogP contribution is 2.28. The molecule has 1 N–H and O–H groups in total. The van der Waals surface area contributed by atoms with Gasteiger partial charge in [-0.3, -0.25) is 0 Å². The Kier molecular flexibility index (Phi) is 4.72. The number of oxime groups is 1. The van der Waals surface area contributed by atoms with E-state index in [9.17, 15) is 17.6 Å². The van der Waals surface area contributed by atoms with Gasteiger partial charge in [0.25, 0.3) is 6.43 Å². The Morgan fingerprint density at radius 1 is 1.38 bits per heavy atom. The van der Waals surface area contributed by atoms with Crippen molar-refractivity contribution in [1.29, 1.82) is 0 Å². The van der Waals surface area contributed by atoms with Gasteiger partial charge in [0, 0.05) is 0 Å². The third-order valence-corrected chi connectivity index (χ3v) is 2.05. The van der Waals surface area contributed by atoms with Crippen LogP contribution in [0.5, 0.6) is 0 Å². The van der Waals surface area contributed by atoms with Gasteiger partial charge in [0.1, 0.15) is 19.1 Å². The second-order valence-corrected chi connectivity index (χ2v) is 2.69. The Morgan fingerprint density at radius 2 is 1.85 bits per heavy atom. The van der Waals surface area contributed by atoms with E-state index in [1.807, 2.05) is 0 Å². The summed E-state index contributed by atoms with van der Waals surface area (Å²) >= 11 is 0. The molecule has 0 aliphatic rings. The summed E-state index contributed by atoms with van der Waals surface area (Å²) in [6, 6.07) is 0. The Hall–Kier alpha value is -0.810. The van der Waals surface area contributed by atoms with E-state index in [1.165, 1.54) is 6.92 Å². The summed E-state index contributed by atoms with van der Waals surface area (Å²) in [7, 11) is 0. The van der Waals surface area contributed by atoms with E-state index in [4.69, 9.17) is 5.21 Å². The van der Waals surface area contributed by atoms with Crippen LogP contribution < -0.4 is 0 Å². The zero-order chi connectivity index (χ0) is 10.5. The van der Waals surface area contributed by atoms with Crippen LogP contribution in [0, 0.1) is 5.41 Å². The number of hydrogen-bond donors (Lipinski definition) is 1. The van der Waals surface area contributed by atoms with E-state index in [0.717, 1.165) is 0 Å². The molecule has 0 saturated carbocycles. The number of rotatable bonds is 5. The standard InChI is InChI=1S/C7H11F4NO/c1-2-7(3-8,4-9)5(12-13)6(10)11/h6,13H,2-4H2,1H3. The zero-order valence-corrected chi connectivity index (χ0v) is 7.10. The first-order chi connectivity index (χ1) is 6.07. The van der Waals surface area contributed by atoms with Crippen LogP contribution >= 0.6 is 0 Å². The lowest BCUT2D eigenvalue weighted by atomic mass is 9.83. The average Bonchev–Trinajstić information content (AvgIpc) is 2.13. The molecule has 0 aliphatic carbocycles. The summed E-state index contributed by atoms with van der Waals surface area (Å²) in [4.78, 5) is 0. The van der Waals surface area contributed by atoms with Crippen LogP contribution in [0.3, 0.4) is 0 Å². The van der Waals surface area contributed by atoms with Crippen molar-refractivity contribution in [3.05, 3.63) is 0 Å². The number of nitrogens with zero attached hydrogens (tertiary/aromatic N) is 1. The van der Waals surface area contributed by atoms with Crippen LogP contribution in [0.2, 0.25) is 0 Å². The molecule has 0 aromatic heterocycles. The fourth-order valence-corrected chi connectivity index (χ4v) is 0.924. The third-order valence-electron chi connectivity index (χ3n) is 2.05. The molecule has 0 unspecified atom stereocenters. The second kappa shape index (κ2) is 5.04. The molecule has 6 heteroatoms. The van der Waals surface area contributed by atoms with Crippen molar-refractivity contribution in [1.82, 2.24) is 0 Å². The second-order valence-electron chi connectivity index (χ2n) is 2.69. The number of halogens is 4. The van der Waals surface area contributed by atoms with E-state index >= 15 is 0 Å². The predicted octanol–water partition coefficient (Wildman–Crippen LogP) is 2.42. The Labute approximate surface area is 73.2 Å². The molecular formula is C7H11F4NO. The summed E-state index contributed by atoms with van der Waals surface area (Å²) in [6.07, 6.45) is -3.32. The summed E-state index contributed by atoms with van der Waals surface area (Å²) in [5.41, 5.74) is -3.09. The van der Waals surface area contributed by atoms with Crippen LogP contribution in [0.25, 0.3) is 0 Å². The maximum absolute atomic E-state index is 12.3. The van der Waals surface area contributed by atoms with Crippen LogP contribution in [-0.4, -0.2) is 30.7 Å². The smallest absolute Gasteiger partial charge is 0.280 e. The molecule has 0 aromatic carbocycles. The molecule has 0 radical (unpaired) electrons. The molecule has 0 heterocycles. The van der Waals surface area contributed by atoms with Gasteiger partial charge in [-0.15, -0.1) is 0 Å². The first-order valence-corrected chi connectivity index (χ1v) is 3.70. The molecule has 0 bridgehead atoms. The van der Waals surface area contributed by atoms with Crippen LogP contribution in [0.4, 0.5) is 17.6 Å². The summed E-state index contributed by atoms with van der Waals surface area (Å²) < 4.78 is 49.0. The monoisotopic (exact) mass is 201 g/mol. The summed E-state index contributed by atoms with van der Waals surface area (Å²) in [5.74, 6) is 0. The topological polar surface area (TPSA) is 32.6 Å². The van der Waals surface area contributed by atoms with Crippen molar-refractivity contribution >= 4 is 5.71 Å². The Balaban J connectivity index is 4.90. The van der Waals surface area contributed by atoms with Crippen molar-refractivity contribution < 1.29 is 22.8 Å². The molecule has 0 amide bonds. The molecule has 78 valence electrons. The first-order valence-electron chi connectivity index (χ1n) is 3.70. The van der Waals surface area contributed by atoms with Gasteiger partial charge < -0.3 is 5.21 Å². The van der Waals surface area contributed by atoms with E-state index < -0.39 is 30.9 Å². The van der Waals surface area contributed by atoms with Gasteiger partial charge in [-0.25, -0.2) is 17.6 Å². The van der Waals surface area contributed by atoms with Gasteiger partial charge in [-0.2, -0.15) is 0 Å². The van der Waals surface area contributed by atoms with Gasteiger partial charge >= 0.3 is 0 Å². The van der Waals surface area contributed by atoms with Gasteiger partial charge in [0.2, 0.25) is 0 Å². The minimum absolute atomic E-state index is 0.177. The molecule has 2 nitrogen and oxygen atoms in total. The van der Waals surface area contributed by atoms with E-state index in [-0.39, 0.29) is 6.42 Å². The fraction of sp³-hybridized carbons (Fsp3) is 0.857. The molecule has 13 heavy (non-hydrogen) atoms. The molecule has 0 rings (SSSR count). The van der Waals surface area contributed by atoms with Gasteiger partial charge in [0.05, 0.1) is 5.41 Å². The normalized spacial score (nSPS) is 13.8. The molecule has 0 aliphatic heterocycles. The van der Waals surface area contributed by atoms with E-state index in [0.29, 0.717) is 0 Å². The quantitative estimate of drug-likeness (QED) is 0.315. The molecule has 0 atom stereocenters. The number of hydrogen-bond acceptors (Lipinski definition) is 2. The van der Waals surface area contributed by atoms with Crippen LogP contribution in [-0.2, 0) is 0 Å². The molecule has 0 fully saturated rings. The average molecular weight is 201 g/mol. The van der Waals surface area contributed by atoms with Crippen molar-refractivity contribution in [2.45, 2.75) is 19.8 Å². The van der Waals surface area contributed by atoms with E-state index in [1.54, 1.807) is 0 Å². The molecular weight excluding hydrogens is 190 g/mol. The fourth-order valence-electron chi connectivity index (χ4n) is 0.924. The zero-order valence-electron chi connectivity index (χ0n) is 7.10. The Morgan fingerprint density at radius 3 is 1.92 bits per heavy atom. The lowest BCUT2D eigenvalue weighted by Gasteiger charge is -2.26. The summed E-state index contributed by atoms with van der Waals surface area (Å²) in [6.45, 7) is -1.25. The lowest BCUT2D eigenvalue weighted by molar-refractivity contribution is 0.155. The SMILES string of the molecule is CCC(CF)(CF)C(=NO)C(F)F.